The highest BCUT2D eigenvalue weighted by Gasteiger charge is 2.17. The van der Waals surface area contributed by atoms with Crippen molar-refractivity contribution in [2.24, 2.45) is 0 Å². The fourth-order valence-electron chi connectivity index (χ4n) is 1.47. The monoisotopic (exact) mass is 285 g/mol. The minimum absolute atomic E-state index is 0.273. The van der Waals surface area contributed by atoms with E-state index in [2.05, 4.69) is 5.32 Å². The van der Waals surface area contributed by atoms with Crippen LogP contribution in [0.3, 0.4) is 0 Å². The summed E-state index contributed by atoms with van der Waals surface area (Å²) in [5.41, 5.74) is 0.984. The van der Waals surface area contributed by atoms with Gasteiger partial charge >= 0.3 is 5.97 Å². The molecule has 0 aliphatic carbocycles. The Morgan fingerprint density at radius 3 is 2.53 bits per heavy atom. The van der Waals surface area contributed by atoms with E-state index in [1.807, 2.05) is 0 Å². The predicted octanol–water partition coefficient (Wildman–Crippen LogP) is 2.04. The molecule has 1 rings (SSSR count). The lowest BCUT2D eigenvalue weighted by molar-refractivity contribution is -0.141. The average Bonchev–Trinajstić information content (AvgIpc) is 2.34. The Morgan fingerprint density at radius 1 is 1.37 bits per heavy atom. The molecule has 0 bridgehead atoms. The average molecular weight is 285 g/mol. The second-order valence-corrected chi connectivity index (χ2v) is 5.16. The van der Waals surface area contributed by atoms with E-state index in [4.69, 9.17) is 5.11 Å². The number of carbonyl (C=O) groups excluding carboxylic acids is 1. The zero-order chi connectivity index (χ0) is 14.3. The largest absolute Gasteiger partial charge is 0.480 e. The Balaban J connectivity index is 2.30. The van der Waals surface area contributed by atoms with Gasteiger partial charge in [-0.3, -0.25) is 4.79 Å². The lowest BCUT2D eigenvalue weighted by atomic mass is 10.2. The summed E-state index contributed by atoms with van der Waals surface area (Å²) in [5.74, 6) is -0.361. The molecule has 0 saturated heterocycles. The number of aliphatic carboxylic acids is 1. The van der Waals surface area contributed by atoms with Crippen molar-refractivity contribution in [3.63, 3.8) is 0 Å². The second kappa shape index (κ2) is 7.78. The van der Waals surface area contributed by atoms with Crippen molar-refractivity contribution in [2.75, 3.05) is 5.75 Å². The topological polar surface area (TPSA) is 66.4 Å². The van der Waals surface area contributed by atoms with Crippen LogP contribution in [0.25, 0.3) is 0 Å². The van der Waals surface area contributed by atoms with Gasteiger partial charge in [-0.15, -0.1) is 0 Å². The van der Waals surface area contributed by atoms with E-state index >= 15 is 0 Å². The third-order valence-corrected chi connectivity index (χ3v) is 3.47. The van der Waals surface area contributed by atoms with E-state index in [1.165, 1.54) is 19.1 Å². The summed E-state index contributed by atoms with van der Waals surface area (Å²) in [6.07, 6.45) is 0.362. The van der Waals surface area contributed by atoms with Crippen LogP contribution in [0.1, 0.15) is 18.9 Å². The molecule has 6 heteroatoms. The number of hydrogen-bond acceptors (Lipinski definition) is 3. The molecule has 2 N–H and O–H groups in total. The highest BCUT2D eigenvalue weighted by Crippen LogP contribution is 2.14. The molecule has 0 heterocycles. The van der Waals surface area contributed by atoms with E-state index in [0.29, 0.717) is 17.9 Å². The van der Waals surface area contributed by atoms with Crippen LogP contribution < -0.4 is 5.32 Å². The number of benzene rings is 1. The summed E-state index contributed by atoms with van der Waals surface area (Å²) < 4.78 is 12.7. The number of halogens is 1. The van der Waals surface area contributed by atoms with Crippen molar-refractivity contribution in [3.8, 4) is 0 Å². The zero-order valence-corrected chi connectivity index (χ0v) is 11.4. The summed E-state index contributed by atoms with van der Waals surface area (Å²) in [6, 6.07) is 5.34. The Bertz CT molecular complexity index is 436. The van der Waals surface area contributed by atoms with Gasteiger partial charge in [-0.05, 0) is 29.9 Å². The first-order valence-corrected chi connectivity index (χ1v) is 6.96. The number of rotatable bonds is 7. The van der Waals surface area contributed by atoms with Gasteiger partial charge in [0.1, 0.15) is 11.9 Å². The van der Waals surface area contributed by atoms with Gasteiger partial charge in [0.05, 0.1) is 0 Å². The van der Waals surface area contributed by atoms with Gasteiger partial charge in [-0.25, -0.2) is 9.18 Å². The standard InChI is InChI=1S/C13H16FNO3S/c1-9(16)15-12(13(17)18)6-7-19-8-10-2-4-11(14)5-3-10/h2-5,12H,6-8H2,1H3,(H,15,16)(H,17,18). The number of carboxylic acid groups (broad SMARTS) is 1. The van der Waals surface area contributed by atoms with E-state index in [1.54, 1.807) is 23.9 Å². The summed E-state index contributed by atoms with van der Waals surface area (Å²) in [4.78, 5) is 21.7. The van der Waals surface area contributed by atoms with Gasteiger partial charge in [-0.2, -0.15) is 11.8 Å². The second-order valence-electron chi connectivity index (χ2n) is 4.06. The molecule has 0 aromatic heterocycles. The van der Waals surface area contributed by atoms with Gasteiger partial charge < -0.3 is 10.4 Å². The molecule has 0 aliphatic heterocycles. The molecule has 4 nitrogen and oxygen atoms in total. The Morgan fingerprint density at radius 2 is 2.00 bits per heavy atom. The van der Waals surface area contributed by atoms with E-state index in [-0.39, 0.29) is 11.7 Å². The van der Waals surface area contributed by atoms with Gasteiger partial charge in [0.15, 0.2) is 0 Å². The molecule has 1 atom stereocenters. The maximum absolute atomic E-state index is 12.7. The molecule has 104 valence electrons. The first kappa shape index (κ1) is 15.5. The zero-order valence-electron chi connectivity index (χ0n) is 10.6. The number of nitrogens with one attached hydrogen (secondary N) is 1. The summed E-state index contributed by atoms with van der Waals surface area (Å²) in [7, 11) is 0. The van der Waals surface area contributed by atoms with Crippen LogP contribution in [0, 0.1) is 5.82 Å². The molecule has 1 aromatic carbocycles. The van der Waals surface area contributed by atoms with Gasteiger partial charge in [-0.1, -0.05) is 12.1 Å². The molecule has 0 aliphatic rings. The lowest BCUT2D eigenvalue weighted by Gasteiger charge is -2.12. The molecule has 0 fully saturated rings. The molecule has 0 radical (unpaired) electrons. The van der Waals surface area contributed by atoms with Gasteiger partial charge in [0, 0.05) is 12.7 Å². The number of thioether (sulfide) groups is 1. The summed E-state index contributed by atoms with van der Waals surface area (Å²) in [5, 5.41) is 11.3. The maximum atomic E-state index is 12.7. The lowest BCUT2D eigenvalue weighted by Crippen LogP contribution is -2.39. The van der Waals surface area contributed by atoms with Crippen molar-refractivity contribution in [1.82, 2.24) is 5.32 Å². The quantitative estimate of drug-likeness (QED) is 0.752. The smallest absolute Gasteiger partial charge is 0.326 e. The van der Waals surface area contributed by atoms with Crippen LogP contribution in [-0.2, 0) is 15.3 Å². The van der Waals surface area contributed by atoms with E-state index < -0.39 is 12.0 Å². The van der Waals surface area contributed by atoms with Crippen molar-refractivity contribution in [3.05, 3.63) is 35.6 Å². The highest BCUT2D eigenvalue weighted by atomic mass is 32.2. The predicted molar refractivity (Wildman–Crippen MR) is 72.4 cm³/mol. The van der Waals surface area contributed by atoms with Crippen molar-refractivity contribution < 1.29 is 19.1 Å². The van der Waals surface area contributed by atoms with Crippen molar-refractivity contribution in [2.45, 2.75) is 25.1 Å². The van der Waals surface area contributed by atoms with E-state index in [9.17, 15) is 14.0 Å². The van der Waals surface area contributed by atoms with Crippen LogP contribution in [-0.4, -0.2) is 28.8 Å². The highest BCUT2D eigenvalue weighted by molar-refractivity contribution is 7.98. The number of carboxylic acids is 1. The molecule has 1 aromatic rings. The van der Waals surface area contributed by atoms with Crippen LogP contribution in [0.2, 0.25) is 0 Å². The van der Waals surface area contributed by atoms with Crippen LogP contribution in [0.15, 0.2) is 24.3 Å². The summed E-state index contributed by atoms with van der Waals surface area (Å²) in [6.45, 7) is 1.29. The normalized spacial score (nSPS) is 11.9. The van der Waals surface area contributed by atoms with Crippen LogP contribution in [0.5, 0.6) is 0 Å². The maximum Gasteiger partial charge on any atom is 0.326 e. The van der Waals surface area contributed by atoms with Crippen molar-refractivity contribution >= 4 is 23.6 Å². The summed E-state index contributed by atoms with van der Waals surface area (Å²) >= 11 is 1.55. The minimum Gasteiger partial charge on any atom is -0.480 e. The first-order valence-electron chi connectivity index (χ1n) is 5.81. The Hall–Kier alpha value is -1.56. The number of hydrogen-bond donors (Lipinski definition) is 2. The molecule has 19 heavy (non-hydrogen) atoms. The fourth-order valence-corrected chi connectivity index (χ4v) is 2.45. The Labute approximate surface area is 115 Å². The molecule has 0 saturated carbocycles. The van der Waals surface area contributed by atoms with Crippen molar-refractivity contribution in [1.29, 1.82) is 0 Å². The molecule has 1 unspecified atom stereocenters. The number of carbonyl (C=O) groups is 2. The van der Waals surface area contributed by atoms with Crippen LogP contribution >= 0.6 is 11.8 Å². The number of amides is 1. The fraction of sp³-hybridized carbons (Fsp3) is 0.385. The SMILES string of the molecule is CC(=O)NC(CCSCc1ccc(F)cc1)C(=O)O. The minimum atomic E-state index is -1.03. The van der Waals surface area contributed by atoms with Gasteiger partial charge in [0.2, 0.25) is 5.91 Å². The Kier molecular flexibility index (Phi) is 6.35. The molecule has 1 amide bonds. The molecular formula is C13H16FNO3S. The molecular weight excluding hydrogens is 269 g/mol. The first-order chi connectivity index (χ1) is 8.99. The van der Waals surface area contributed by atoms with Crippen LogP contribution in [0.4, 0.5) is 4.39 Å². The van der Waals surface area contributed by atoms with E-state index in [0.717, 1.165) is 5.56 Å². The third-order valence-electron chi connectivity index (χ3n) is 2.41. The van der Waals surface area contributed by atoms with Gasteiger partial charge in [0.25, 0.3) is 0 Å². The third kappa shape index (κ3) is 6.24. The molecule has 0 spiro atoms.